The van der Waals surface area contributed by atoms with Gasteiger partial charge in [-0.15, -0.1) is 17.5 Å². The molecule has 37 heavy (non-hydrogen) atoms. The Labute approximate surface area is 216 Å². The number of nitrogens with zero attached hydrogens (tertiary/aromatic N) is 4. The van der Waals surface area contributed by atoms with Gasteiger partial charge in [0.25, 0.3) is 0 Å². The molecule has 1 N–H and O–H groups in total. The lowest BCUT2D eigenvalue weighted by Gasteiger charge is -2.12. The van der Waals surface area contributed by atoms with Crippen LogP contribution in [0.1, 0.15) is 31.1 Å². The molecule has 7 nitrogen and oxygen atoms in total. The van der Waals surface area contributed by atoms with Gasteiger partial charge in [-0.05, 0) is 68.8 Å². The summed E-state index contributed by atoms with van der Waals surface area (Å²) in [4.78, 5) is 8.43. The van der Waals surface area contributed by atoms with Crippen LogP contribution in [0.25, 0.3) is 11.1 Å². The zero-order valence-electron chi connectivity index (χ0n) is 20.3. The van der Waals surface area contributed by atoms with Crippen LogP contribution in [-0.2, 0) is 6.18 Å². The maximum absolute atomic E-state index is 14.2. The highest BCUT2D eigenvalue weighted by Gasteiger charge is 2.32. The lowest BCUT2D eigenvalue weighted by atomic mass is 10.0. The standard InChI is InChI=1S/C25H23F4N5O2.ClH/c1-14(2)34-24(36-22-12-17(25(27,28)29)5-8-20(22)26)32-23(33-34)31-18-6-7-19(21(13-18)35-4)16-9-10-30-15(3)11-16;/h5-14H,1-4H3,(H,31,33);1H. The summed E-state index contributed by atoms with van der Waals surface area (Å²) in [6, 6.07) is 10.7. The van der Waals surface area contributed by atoms with E-state index in [2.05, 4.69) is 20.4 Å². The number of alkyl halides is 3. The third-order valence-electron chi connectivity index (χ3n) is 5.21. The maximum atomic E-state index is 14.2. The van der Waals surface area contributed by atoms with Crippen molar-refractivity contribution in [2.75, 3.05) is 12.4 Å². The van der Waals surface area contributed by atoms with Crippen LogP contribution in [0.3, 0.4) is 0 Å². The lowest BCUT2D eigenvalue weighted by molar-refractivity contribution is -0.137. The molecule has 4 aromatic rings. The summed E-state index contributed by atoms with van der Waals surface area (Å²) in [5, 5.41) is 7.36. The topological polar surface area (TPSA) is 74.1 Å². The highest BCUT2D eigenvalue weighted by atomic mass is 35.5. The van der Waals surface area contributed by atoms with Gasteiger partial charge in [-0.2, -0.15) is 18.2 Å². The number of methoxy groups -OCH3 is 1. The molecule has 0 saturated carbocycles. The van der Waals surface area contributed by atoms with Gasteiger partial charge in [0, 0.05) is 29.2 Å². The first-order valence-electron chi connectivity index (χ1n) is 10.9. The molecule has 0 spiro atoms. The molecular formula is C25H24ClF4N5O2. The van der Waals surface area contributed by atoms with Crippen LogP contribution < -0.4 is 14.8 Å². The molecule has 2 heterocycles. The largest absolute Gasteiger partial charge is 0.496 e. The number of ether oxygens (including phenoxy) is 2. The number of hydrogen-bond acceptors (Lipinski definition) is 6. The van der Waals surface area contributed by atoms with E-state index < -0.39 is 23.3 Å². The minimum absolute atomic E-state index is 0. The van der Waals surface area contributed by atoms with Gasteiger partial charge < -0.3 is 14.8 Å². The van der Waals surface area contributed by atoms with Crippen molar-refractivity contribution in [2.24, 2.45) is 0 Å². The second kappa shape index (κ2) is 11.0. The number of pyridine rings is 1. The molecule has 0 saturated heterocycles. The Morgan fingerprint density at radius 2 is 1.76 bits per heavy atom. The fourth-order valence-corrected chi connectivity index (χ4v) is 3.47. The van der Waals surface area contributed by atoms with Crippen molar-refractivity contribution < 1.29 is 27.0 Å². The Kier molecular flexibility index (Phi) is 8.27. The summed E-state index contributed by atoms with van der Waals surface area (Å²) in [6.07, 6.45) is -2.93. The van der Waals surface area contributed by atoms with Crippen molar-refractivity contribution in [2.45, 2.75) is 33.0 Å². The number of rotatable bonds is 7. The van der Waals surface area contributed by atoms with Gasteiger partial charge in [-0.25, -0.2) is 9.07 Å². The van der Waals surface area contributed by atoms with E-state index >= 15 is 0 Å². The van der Waals surface area contributed by atoms with Gasteiger partial charge in [0.05, 0.1) is 18.7 Å². The fourth-order valence-electron chi connectivity index (χ4n) is 3.47. The van der Waals surface area contributed by atoms with E-state index in [0.29, 0.717) is 29.6 Å². The Bertz CT molecular complexity index is 1390. The Balaban J connectivity index is 0.00000380. The van der Waals surface area contributed by atoms with E-state index in [9.17, 15) is 17.6 Å². The molecule has 0 bridgehead atoms. The molecule has 0 aliphatic rings. The van der Waals surface area contributed by atoms with Crippen LogP contribution >= 0.6 is 12.4 Å². The number of anilines is 2. The number of benzene rings is 2. The van der Waals surface area contributed by atoms with Gasteiger partial charge in [0.15, 0.2) is 11.6 Å². The highest BCUT2D eigenvalue weighted by molar-refractivity contribution is 5.85. The minimum atomic E-state index is -4.65. The van der Waals surface area contributed by atoms with E-state index in [0.717, 1.165) is 16.8 Å². The van der Waals surface area contributed by atoms with E-state index in [1.54, 1.807) is 39.3 Å². The van der Waals surface area contributed by atoms with Gasteiger partial charge >= 0.3 is 12.2 Å². The van der Waals surface area contributed by atoms with E-state index in [1.807, 2.05) is 25.1 Å². The molecular weight excluding hydrogens is 514 g/mol. The summed E-state index contributed by atoms with van der Waals surface area (Å²) in [7, 11) is 1.55. The van der Waals surface area contributed by atoms with Crippen molar-refractivity contribution in [3.8, 4) is 28.6 Å². The molecule has 196 valence electrons. The molecule has 0 amide bonds. The molecule has 4 rings (SSSR count). The lowest BCUT2D eigenvalue weighted by Crippen LogP contribution is -2.08. The molecule has 12 heteroatoms. The third kappa shape index (κ3) is 6.29. The van der Waals surface area contributed by atoms with E-state index in [4.69, 9.17) is 9.47 Å². The molecule has 0 fully saturated rings. The summed E-state index contributed by atoms with van der Waals surface area (Å²) < 4.78 is 65.8. The normalized spacial score (nSPS) is 11.3. The zero-order chi connectivity index (χ0) is 26.0. The van der Waals surface area contributed by atoms with Crippen molar-refractivity contribution in [3.63, 3.8) is 0 Å². The first kappa shape index (κ1) is 27.7. The number of nitrogens with one attached hydrogen (secondary N) is 1. The second-order valence-electron chi connectivity index (χ2n) is 8.23. The maximum Gasteiger partial charge on any atom is 0.416 e. The van der Waals surface area contributed by atoms with E-state index in [1.165, 1.54) is 4.68 Å². The molecule has 0 unspecified atom stereocenters. The van der Waals surface area contributed by atoms with Crippen LogP contribution in [0.5, 0.6) is 17.5 Å². The minimum Gasteiger partial charge on any atom is -0.496 e. The summed E-state index contributed by atoms with van der Waals surface area (Å²) in [5.41, 5.74) is 2.22. The van der Waals surface area contributed by atoms with Crippen LogP contribution in [0.15, 0.2) is 54.7 Å². The van der Waals surface area contributed by atoms with Crippen molar-refractivity contribution in [1.29, 1.82) is 0 Å². The monoisotopic (exact) mass is 537 g/mol. The average molecular weight is 538 g/mol. The first-order valence-corrected chi connectivity index (χ1v) is 10.9. The Morgan fingerprint density at radius 3 is 2.41 bits per heavy atom. The quantitative estimate of drug-likeness (QED) is 0.248. The summed E-state index contributed by atoms with van der Waals surface area (Å²) in [5.74, 6) is -0.858. The average Bonchev–Trinajstić information content (AvgIpc) is 3.22. The van der Waals surface area contributed by atoms with Gasteiger partial charge in [-0.1, -0.05) is 0 Å². The van der Waals surface area contributed by atoms with Gasteiger partial charge in [-0.3, -0.25) is 4.98 Å². The van der Waals surface area contributed by atoms with Crippen LogP contribution in [0, 0.1) is 12.7 Å². The van der Waals surface area contributed by atoms with Crippen molar-refractivity contribution in [1.82, 2.24) is 19.7 Å². The highest BCUT2D eigenvalue weighted by Crippen LogP contribution is 2.36. The first-order chi connectivity index (χ1) is 17.0. The molecule has 0 atom stereocenters. The molecule has 2 aromatic heterocycles. The molecule has 0 aliphatic heterocycles. The van der Waals surface area contributed by atoms with E-state index in [-0.39, 0.29) is 30.4 Å². The van der Waals surface area contributed by atoms with Crippen molar-refractivity contribution >= 4 is 24.0 Å². The van der Waals surface area contributed by atoms with Crippen LogP contribution in [0.2, 0.25) is 0 Å². The predicted octanol–water partition coefficient (Wildman–Crippen LogP) is 7.35. The SMILES string of the molecule is COc1cc(Nc2nc(Oc3cc(C(F)(F)F)ccc3F)n(C(C)C)n2)ccc1-c1ccnc(C)c1.Cl. The summed E-state index contributed by atoms with van der Waals surface area (Å²) >= 11 is 0. The molecule has 0 aliphatic carbocycles. The number of aryl methyl sites for hydroxylation is 1. The summed E-state index contributed by atoms with van der Waals surface area (Å²) in [6.45, 7) is 5.46. The van der Waals surface area contributed by atoms with Crippen LogP contribution in [-0.4, -0.2) is 26.9 Å². The number of halogens is 5. The smallest absolute Gasteiger partial charge is 0.416 e. The second-order valence-corrected chi connectivity index (χ2v) is 8.23. The fraction of sp³-hybridized carbons (Fsp3) is 0.240. The van der Waals surface area contributed by atoms with Crippen LogP contribution in [0.4, 0.5) is 29.2 Å². The number of hydrogen-bond donors (Lipinski definition) is 1. The van der Waals surface area contributed by atoms with Gasteiger partial charge in [0.2, 0.25) is 5.95 Å². The Morgan fingerprint density at radius 1 is 1.00 bits per heavy atom. The van der Waals surface area contributed by atoms with Gasteiger partial charge in [0.1, 0.15) is 5.75 Å². The number of aromatic nitrogens is 4. The molecule has 2 aromatic carbocycles. The third-order valence-corrected chi connectivity index (χ3v) is 5.21. The van der Waals surface area contributed by atoms with Crippen molar-refractivity contribution in [3.05, 3.63) is 71.8 Å². The molecule has 0 radical (unpaired) electrons. The Hall–Kier alpha value is -3.86. The predicted molar refractivity (Wildman–Crippen MR) is 133 cm³/mol. The zero-order valence-corrected chi connectivity index (χ0v) is 21.1.